The molecular weight excluding hydrogens is 420 g/mol. The fourth-order valence-electron chi connectivity index (χ4n) is 3.83. The molecule has 0 radical (unpaired) electrons. The zero-order valence-electron chi connectivity index (χ0n) is 17.8. The number of aromatic nitrogens is 3. The molecule has 1 saturated heterocycles. The molecule has 1 fully saturated rings. The Bertz CT molecular complexity index is 1220. The zero-order chi connectivity index (χ0) is 22.8. The van der Waals surface area contributed by atoms with Crippen LogP contribution in [-0.2, 0) is 17.7 Å². The minimum Gasteiger partial charge on any atom is -0.464 e. The smallest absolute Gasteiger partial charge is 0.356 e. The number of aromatic amines is 1. The molecule has 4 rings (SSSR count). The van der Waals surface area contributed by atoms with Crippen molar-refractivity contribution in [2.24, 2.45) is 0 Å². The van der Waals surface area contributed by atoms with E-state index in [9.17, 15) is 14.0 Å². The molecule has 0 bridgehead atoms. The van der Waals surface area contributed by atoms with Gasteiger partial charge in [-0.25, -0.2) is 19.2 Å². The summed E-state index contributed by atoms with van der Waals surface area (Å²) in [6, 6.07) is 6.34. The Kier molecular flexibility index (Phi) is 6.13. The molecule has 0 atom stereocenters. The van der Waals surface area contributed by atoms with Gasteiger partial charge in [-0.1, -0.05) is 13.0 Å². The number of carbonyl (C=O) groups is 1. The van der Waals surface area contributed by atoms with Crippen molar-refractivity contribution in [2.75, 3.05) is 38.2 Å². The molecule has 168 valence electrons. The number of ether oxygens (including phenoxy) is 1. The van der Waals surface area contributed by atoms with Crippen molar-refractivity contribution in [1.29, 1.82) is 0 Å². The Morgan fingerprint density at radius 1 is 1.12 bits per heavy atom. The number of methoxy groups -OCH3 is 1. The third-order valence-corrected chi connectivity index (χ3v) is 5.62. The van der Waals surface area contributed by atoms with Crippen LogP contribution in [0.1, 0.15) is 28.7 Å². The maximum atomic E-state index is 15.0. The summed E-state index contributed by atoms with van der Waals surface area (Å²) in [5, 5.41) is 0. The standard InChI is InChI=1S/C22H23F2N5O3/c1-3-14-21(30)27-19-15(25-14)5-4-13(18(19)23)12-28-8-10-29(11-9-28)17-7-6-16(22(31)32-2)26-20(17)24/h4-7H,3,8-12H2,1-2H3,(H,27,30). The highest BCUT2D eigenvalue weighted by Crippen LogP contribution is 2.23. The molecule has 1 aromatic carbocycles. The molecule has 2 aromatic heterocycles. The highest BCUT2D eigenvalue weighted by Gasteiger charge is 2.23. The van der Waals surface area contributed by atoms with Crippen LogP contribution in [0.4, 0.5) is 14.5 Å². The highest BCUT2D eigenvalue weighted by molar-refractivity contribution is 5.87. The molecule has 0 saturated carbocycles. The van der Waals surface area contributed by atoms with Crippen LogP contribution in [0.25, 0.3) is 11.0 Å². The van der Waals surface area contributed by atoms with Gasteiger partial charge in [-0.2, -0.15) is 4.39 Å². The molecule has 0 spiro atoms. The van der Waals surface area contributed by atoms with Crippen LogP contribution in [0, 0.1) is 11.8 Å². The summed E-state index contributed by atoms with van der Waals surface area (Å²) in [4.78, 5) is 38.0. The van der Waals surface area contributed by atoms with E-state index in [1.165, 1.54) is 19.2 Å². The number of nitrogens with one attached hydrogen (secondary N) is 1. The van der Waals surface area contributed by atoms with Crippen LogP contribution >= 0.6 is 0 Å². The van der Waals surface area contributed by atoms with Crippen molar-refractivity contribution in [1.82, 2.24) is 19.9 Å². The van der Waals surface area contributed by atoms with Gasteiger partial charge in [-0.15, -0.1) is 0 Å². The third kappa shape index (κ3) is 4.18. The number of piperazine rings is 1. The number of carbonyl (C=O) groups excluding carboxylic acids is 1. The van der Waals surface area contributed by atoms with E-state index in [0.717, 1.165) is 0 Å². The minimum absolute atomic E-state index is 0.0854. The van der Waals surface area contributed by atoms with Crippen molar-refractivity contribution < 1.29 is 18.3 Å². The summed E-state index contributed by atoms with van der Waals surface area (Å²) >= 11 is 0. The van der Waals surface area contributed by atoms with Gasteiger partial charge in [0.2, 0.25) is 5.95 Å². The number of fused-ring (bicyclic) bond motifs is 1. The van der Waals surface area contributed by atoms with E-state index >= 15 is 4.39 Å². The first-order valence-corrected chi connectivity index (χ1v) is 10.3. The Hall–Kier alpha value is -3.40. The second-order valence-corrected chi connectivity index (χ2v) is 7.56. The van der Waals surface area contributed by atoms with Crippen LogP contribution in [0.2, 0.25) is 0 Å². The van der Waals surface area contributed by atoms with Gasteiger partial charge in [0, 0.05) is 38.3 Å². The number of hydrogen-bond acceptors (Lipinski definition) is 7. The van der Waals surface area contributed by atoms with Gasteiger partial charge in [0.25, 0.3) is 5.56 Å². The number of benzene rings is 1. The number of rotatable bonds is 5. The average molecular weight is 443 g/mol. The summed E-state index contributed by atoms with van der Waals surface area (Å²) < 4.78 is 34.0. The number of pyridine rings is 1. The molecular formula is C22H23F2N5O3. The zero-order valence-corrected chi connectivity index (χ0v) is 17.8. The Labute approximate surface area is 182 Å². The van der Waals surface area contributed by atoms with E-state index in [-0.39, 0.29) is 16.8 Å². The van der Waals surface area contributed by atoms with Crippen LogP contribution in [0.3, 0.4) is 0 Å². The second kappa shape index (κ2) is 8.99. The fraction of sp³-hybridized carbons (Fsp3) is 0.364. The maximum Gasteiger partial charge on any atom is 0.356 e. The largest absolute Gasteiger partial charge is 0.464 e. The summed E-state index contributed by atoms with van der Waals surface area (Å²) in [5.74, 6) is -1.91. The topological polar surface area (TPSA) is 91.4 Å². The second-order valence-electron chi connectivity index (χ2n) is 7.56. The molecule has 1 aliphatic rings. The predicted octanol–water partition coefficient (Wildman–Crippen LogP) is 2.27. The van der Waals surface area contributed by atoms with Crippen molar-refractivity contribution in [3.8, 4) is 0 Å². The molecule has 1 aliphatic heterocycles. The molecule has 1 N–H and O–H groups in total. The minimum atomic E-state index is -0.732. The molecule has 3 heterocycles. The van der Waals surface area contributed by atoms with E-state index < -0.39 is 17.7 Å². The number of aryl methyl sites for hydroxylation is 1. The first-order valence-electron chi connectivity index (χ1n) is 10.3. The number of halogens is 2. The van der Waals surface area contributed by atoms with Crippen LogP contribution in [0.15, 0.2) is 29.1 Å². The molecule has 0 amide bonds. The van der Waals surface area contributed by atoms with Crippen LogP contribution in [-0.4, -0.2) is 59.1 Å². The molecule has 3 aromatic rings. The van der Waals surface area contributed by atoms with Crippen molar-refractivity contribution >= 4 is 22.7 Å². The molecule has 0 unspecified atom stereocenters. The van der Waals surface area contributed by atoms with E-state index in [0.29, 0.717) is 61.6 Å². The third-order valence-electron chi connectivity index (χ3n) is 5.62. The Balaban J connectivity index is 1.45. The molecule has 8 nitrogen and oxygen atoms in total. The van der Waals surface area contributed by atoms with Crippen molar-refractivity contribution in [3.63, 3.8) is 0 Å². The average Bonchev–Trinajstić information content (AvgIpc) is 2.81. The SMILES string of the molecule is CCc1nc2ccc(CN3CCN(c4ccc(C(=O)OC)nc4F)CC3)c(F)c2[nH]c1=O. The van der Waals surface area contributed by atoms with Crippen LogP contribution in [0.5, 0.6) is 0 Å². The molecule has 10 heteroatoms. The van der Waals surface area contributed by atoms with E-state index in [1.807, 2.05) is 11.8 Å². The fourth-order valence-corrected chi connectivity index (χ4v) is 3.83. The number of anilines is 1. The number of esters is 1. The lowest BCUT2D eigenvalue weighted by Crippen LogP contribution is -2.46. The number of hydrogen-bond donors (Lipinski definition) is 1. The van der Waals surface area contributed by atoms with Crippen molar-refractivity contribution in [3.05, 3.63) is 63.3 Å². The molecule has 32 heavy (non-hydrogen) atoms. The van der Waals surface area contributed by atoms with Gasteiger partial charge in [0.15, 0.2) is 11.5 Å². The van der Waals surface area contributed by atoms with Gasteiger partial charge >= 0.3 is 5.97 Å². The van der Waals surface area contributed by atoms with Gasteiger partial charge in [0.1, 0.15) is 11.2 Å². The van der Waals surface area contributed by atoms with Gasteiger partial charge in [-0.05, 0) is 24.6 Å². The summed E-state index contributed by atoms with van der Waals surface area (Å²) in [5.41, 5.74) is 1.22. The first kappa shape index (κ1) is 21.8. The van der Waals surface area contributed by atoms with Gasteiger partial charge in [-0.3, -0.25) is 9.69 Å². The lowest BCUT2D eigenvalue weighted by molar-refractivity contribution is 0.0592. The van der Waals surface area contributed by atoms with E-state index in [4.69, 9.17) is 0 Å². The predicted molar refractivity (Wildman–Crippen MR) is 115 cm³/mol. The lowest BCUT2D eigenvalue weighted by atomic mass is 10.1. The number of H-pyrrole nitrogens is 1. The monoisotopic (exact) mass is 443 g/mol. The molecule has 0 aliphatic carbocycles. The van der Waals surface area contributed by atoms with Gasteiger partial charge in [0.05, 0.1) is 18.3 Å². The van der Waals surface area contributed by atoms with E-state index in [1.54, 1.807) is 12.1 Å². The quantitative estimate of drug-likeness (QED) is 0.478. The Morgan fingerprint density at radius 3 is 2.53 bits per heavy atom. The van der Waals surface area contributed by atoms with Crippen molar-refractivity contribution in [2.45, 2.75) is 19.9 Å². The summed E-state index contributed by atoms with van der Waals surface area (Å²) in [7, 11) is 1.21. The maximum absolute atomic E-state index is 15.0. The van der Waals surface area contributed by atoms with E-state index in [2.05, 4.69) is 24.6 Å². The highest BCUT2D eigenvalue weighted by atomic mass is 19.1. The van der Waals surface area contributed by atoms with Crippen LogP contribution < -0.4 is 10.5 Å². The number of nitrogens with zero attached hydrogens (tertiary/aromatic N) is 4. The Morgan fingerprint density at radius 2 is 1.88 bits per heavy atom. The summed E-state index contributed by atoms with van der Waals surface area (Å²) in [6.07, 6.45) is 0.473. The summed E-state index contributed by atoms with van der Waals surface area (Å²) in [6.45, 7) is 4.38. The normalized spacial score (nSPS) is 14.7. The first-order chi connectivity index (χ1) is 15.4. The van der Waals surface area contributed by atoms with Gasteiger partial charge < -0.3 is 14.6 Å². The lowest BCUT2D eigenvalue weighted by Gasteiger charge is -2.36.